The second kappa shape index (κ2) is 5.98. The molecule has 0 amide bonds. The normalized spacial score (nSPS) is 12.8. The highest BCUT2D eigenvalue weighted by Crippen LogP contribution is 2.33. The van der Waals surface area contributed by atoms with Crippen molar-refractivity contribution >= 4 is 11.9 Å². The van der Waals surface area contributed by atoms with Gasteiger partial charge in [0.15, 0.2) is 11.5 Å². The molecule has 0 spiro atoms. The molecular weight excluding hydrogens is 290 g/mol. The number of allylic oxidation sites excluding steroid dienone is 1. The van der Waals surface area contributed by atoms with Crippen molar-refractivity contribution in [3.8, 4) is 17.6 Å². The zero-order valence-electron chi connectivity index (χ0n) is 12.9. The Balaban J connectivity index is 1.96. The van der Waals surface area contributed by atoms with Crippen molar-refractivity contribution in [3.63, 3.8) is 0 Å². The van der Waals surface area contributed by atoms with E-state index >= 15 is 0 Å². The van der Waals surface area contributed by atoms with Crippen LogP contribution < -0.4 is 9.47 Å². The number of carbonyl (C=O) groups is 1. The Morgan fingerprint density at radius 3 is 2.65 bits per heavy atom. The highest BCUT2D eigenvalue weighted by molar-refractivity contribution is 6.14. The molecule has 0 radical (unpaired) electrons. The van der Waals surface area contributed by atoms with Gasteiger partial charge in [-0.1, -0.05) is 23.8 Å². The number of ether oxygens (including phenoxy) is 2. The molecule has 0 unspecified atom stereocenters. The van der Waals surface area contributed by atoms with Gasteiger partial charge in [0.05, 0.1) is 0 Å². The van der Waals surface area contributed by atoms with Crippen molar-refractivity contribution < 1.29 is 14.3 Å². The van der Waals surface area contributed by atoms with Gasteiger partial charge in [0.1, 0.15) is 11.6 Å². The summed E-state index contributed by atoms with van der Waals surface area (Å²) < 4.78 is 10.5. The molecule has 4 nitrogen and oxygen atoms in total. The molecular formula is C19H15NO3. The molecule has 4 heteroatoms. The van der Waals surface area contributed by atoms with E-state index in [1.54, 1.807) is 24.3 Å². The first kappa shape index (κ1) is 14.9. The van der Waals surface area contributed by atoms with Crippen molar-refractivity contribution in [2.45, 2.75) is 13.8 Å². The first-order chi connectivity index (χ1) is 11.1. The lowest BCUT2D eigenvalue weighted by Gasteiger charge is -2.04. The van der Waals surface area contributed by atoms with Crippen molar-refractivity contribution in [2.24, 2.45) is 0 Å². The van der Waals surface area contributed by atoms with Gasteiger partial charge in [0, 0.05) is 5.56 Å². The largest absolute Gasteiger partial charge is 0.454 e. The molecule has 1 aliphatic heterocycles. The lowest BCUT2D eigenvalue weighted by atomic mass is 9.99. The zero-order chi connectivity index (χ0) is 16.4. The minimum absolute atomic E-state index is 0.0934. The summed E-state index contributed by atoms with van der Waals surface area (Å²) in [5.41, 5.74) is 3.53. The third-order valence-electron chi connectivity index (χ3n) is 3.72. The van der Waals surface area contributed by atoms with E-state index in [9.17, 15) is 10.1 Å². The number of carbonyl (C=O) groups excluding carboxylic acids is 1. The Morgan fingerprint density at radius 2 is 1.91 bits per heavy atom. The third-order valence-corrected chi connectivity index (χ3v) is 3.72. The summed E-state index contributed by atoms with van der Waals surface area (Å²) >= 11 is 0. The maximum absolute atomic E-state index is 12.6. The first-order valence-corrected chi connectivity index (χ1v) is 7.22. The van der Waals surface area contributed by atoms with E-state index in [1.807, 2.05) is 38.1 Å². The summed E-state index contributed by atoms with van der Waals surface area (Å²) in [6.07, 6.45) is 1.63. The van der Waals surface area contributed by atoms with E-state index in [0.717, 1.165) is 16.7 Å². The quantitative estimate of drug-likeness (QED) is 0.491. The van der Waals surface area contributed by atoms with E-state index in [4.69, 9.17) is 9.47 Å². The number of hydrogen-bond acceptors (Lipinski definition) is 4. The van der Waals surface area contributed by atoms with E-state index < -0.39 is 0 Å². The van der Waals surface area contributed by atoms with Gasteiger partial charge in [0.25, 0.3) is 0 Å². The van der Waals surface area contributed by atoms with Crippen LogP contribution in [-0.4, -0.2) is 12.6 Å². The highest BCUT2D eigenvalue weighted by atomic mass is 16.7. The number of aryl methyl sites for hydroxylation is 2. The number of benzene rings is 2. The maximum atomic E-state index is 12.6. The van der Waals surface area contributed by atoms with Gasteiger partial charge >= 0.3 is 0 Å². The van der Waals surface area contributed by atoms with Gasteiger partial charge in [-0.2, -0.15) is 5.26 Å². The molecule has 0 bridgehead atoms. The minimum Gasteiger partial charge on any atom is -0.454 e. The summed E-state index contributed by atoms with van der Waals surface area (Å²) in [5, 5.41) is 9.36. The molecule has 2 aromatic carbocycles. The smallest absolute Gasteiger partial charge is 0.231 e. The van der Waals surface area contributed by atoms with Crippen LogP contribution in [0.3, 0.4) is 0 Å². The fraction of sp³-hybridized carbons (Fsp3) is 0.158. The molecule has 0 saturated heterocycles. The lowest BCUT2D eigenvalue weighted by molar-refractivity contribution is 0.103. The van der Waals surface area contributed by atoms with Crippen LogP contribution in [0.4, 0.5) is 0 Å². The number of ketones is 1. The Bertz CT molecular complexity index is 859. The van der Waals surface area contributed by atoms with Gasteiger partial charge in [-0.15, -0.1) is 0 Å². The van der Waals surface area contributed by atoms with E-state index in [0.29, 0.717) is 17.1 Å². The fourth-order valence-corrected chi connectivity index (χ4v) is 2.48. The molecule has 0 fully saturated rings. The number of rotatable bonds is 3. The number of fused-ring (bicyclic) bond motifs is 1. The van der Waals surface area contributed by atoms with Crippen molar-refractivity contribution in [1.29, 1.82) is 5.26 Å². The lowest BCUT2D eigenvalue weighted by Crippen LogP contribution is -2.02. The van der Waals surface area contributed by atoms with E-state index in [-0.39, 0.29) is 18.1 Å². The number of hydrogen-bond donors (Lipinski definition) is 0. The molecule has 2 aromatic rings. The Labute approximate surface area is 134 Å². The van der Waals surface area contributed by atoms with Crippen LogP contribution >= 0.6 is 0 Å². The Kier molecular flexibility index (Phi) is 3.86. The Hall–Kier alpha value is -3.06. The molecule has 0 atom stereocenters. The topological polar surface area (TPSA) is 59.3 Å². The highest BCUT2D eigenvalue weighted by Gasteiger charge is 2.18. The average Bonchev–Trinajstić information content (AvgIpc) is 3.01. The second-order valence-corrected chi connectivity index (χ2v) is 5.43. The average molecular weight is 305 g/mol. The van der Waals surface area contributed by atoms with Crippen LogP contribution in [0, 0.1) is 25.2 Å². The van der Waals surface area contributed by atoms with Gasteiger partial charge < -0.3 is 9.47 Å². The fourth-order valence-electron chi connectivity index (χ4n) is 2.48. The molecule has 0 aromatic heterocycles. The molecule has 114 valence electrons. The number of nitriles is 1. The minimum atomic E-state index is -0.328. The van der Waals surface area contributed by atoms with Crippen molar-refractivity contribution in [1.82, 2.24) is 0 Å². The van der Waals surface area contributed by atoms with Gasteiger partial charge in [-0.25, -0.2) is 0 Å². The van der Waals surface area contributed by atoms with Crippen molar-refractivity contribution in [3.05, 3.63) is 64.2 Å². The second-order valence-electron chi connectivity index (χ2n) is 5.43. The molecule has 0 saturated carbocycles. The van der Waals surface area contributed by atoms with Crippen LogP contribution in [0.15, 0.2) is 42.0 Å². The van der Waals surface area contributed by atoms with Crippen LogP contribution in [0.1, 0.15) is 27.0 Å². The standard InChI is InChI=1S/C19H15NO3/c1-12-3-4-14(13(2)7-12)8-16(10-20)19(21)15-5-6-17-18(9-15)23-11-22-17/h3-9H,11H2,1-2H3. The van der Waals surface area contributed by atoms with E-state index in [2.05, 4.69) is 0 Å². The zero-order valence-corrected chi connectivity index (χ0v) is 12.9. The van der Waals surface area contributed by atoms with Gasteiger partial charge in [0.2, 0.25) is 12.6 Å². The first-order valence-electron chi connectivity index (χ1n) is 7.22. The Morgan fingerprint density at radius 1 is 1.13 bits per heavy atom. The van der Waals surface area contributed by atoms with E-state index in [1.165, 1.54) is 0 Å². The molecule has 1 aliphatic rings. The maximum Gasteiger partial charge on any atom is 0.231 e. The monoisotopic (exact) mass is 305 g/mol. The molecule has 23 heavy (non-hydrogen) atoms. The summed E-state index contributed by atoms with van der Waals surface area (Å²) in [5.74, 6) is 0.809. The number of nitrogens with zero attached hydrogens (tertiary/aromatic N) is 1. The summed E-state index contributed by atoms with van der Waals surface area (Å²) in [7, 11) is 0. The van der Waals surface area contributed by atoms with Crippen LogP contribution in [0.2, 0.25) is 0 Å². The summed E-state index contributed by atoms with van der Waals surface area (Å²) in [6.45, 7) is 4.11. The van der Waals surface area contributed by atoms with Crippen molar-refractivity contribution in [2.75, 3.05) is 6.79 Å². The SMILES string of the molecule is Cc1ccc(C=C(C#N)C(=O)c2ccc3c(c2)OCO3)c(C)c1. The third kappa shape index (κ3) is 2.95. The molecule has 0 aliphatic carbocycles. The van der Waals surface area contributed by atoms with Gasteiger partial charge in [-0.3, -0.25) is 4.79 Å². The van der Waals surface area contributed by atoms with Crippen LogP contribution in [0.25, 0.3) is 6.08 Å². The molecule has 0 N–H and O–H groups in total. The van der Waals surface area contributed by atoms with Gasteiger partial charge in [-0.05, 0) is 49.2 Å². The summed E-state index contributed by atoms with van der Waals surface area (Å²) in [6, 6.07) is 12.8. The number of Topliss-reactive ketones (excluding diaryl/α,β-unsaturated/α-hetero) is 1. The summed E-state index contributed by atoms with van der Waals surface area (Å²) in [4.78, 5) is 12.6. The predicted octanol–water partition coefficient (Wildman–Crippen LogP) is 3.82. The van der Waals surface area contributed by atoms with Crippen LogP contribution in [0.5, 0.6) is 11.5 Å². The van der Waals surface area contributed by atoms with Crippen LogP contribution in [-0.2, 0) is 0 Å². The molecule has 3 rings (SSSR count). The molecule has 1 heterocycles. The predicted molar refractivity (Wildman–Crippen MR) is 86.4 cm³/mol.